The third-order valence-electron chi connectivity index (χ3n) is 2.51. The molecule has 3 nitrogen and oxygen atoms in total. The van der Waals surface area contributed by atoms with E-state index < -0.39 is 0 Å². The molecule has 0 atom stereocenters. The first-order chi connectivity index (χ1) is 8.69. The zero-order valence-corrected chi connectivity index (χ0v) is 10.9. The first-order valence-electron chi connectivity index (χ1n) is 6.20. The van der Waals surface area contributed by atoms with Crippen LogP contribution in [0, 0.1) is 0 Å². The molecule has 1 rings (SSSR count). The molecule has 96 valence electrons. The van der Waals surface area contributed by atoms with Crippen LogP contribution in [0.1, 0.15) is 36.2 Å². The van der Waals surface area contributed by atoms with Crippen molar-refractivity contribution < 1.29 is 9.59 Å². The fourth-order valence-electron chi connectivity index (χ4n) is 1.66. The lowest BCUT2D eigenvalue weighted by molar-refractivity contribution is -0.114. The molecule has 0 radical (unpaired) electrons. The monoisotopic (exact) mass is 245 g/mol. The lowest BCUT2D eigenvalue weighted by Gasteiger charge is -2.08. The van der Waals surface area contributed by atoms with E-state index in [9.17, 15) is 9.59 Å². The molecule has 0 heterocycles. The number of benzene rings is 1. The molecule has 18 heavy (non-hydrogen) atoms. The van der Waals surface area contributed by atoms with Gasteiger partial charge < -0.3 is 5.32 Å². The van der Waals surface area contributed by atoms with Crippen molar-refractivity contribution in [3.8, 4) is 0 Å². The quantitative estimate of drug-likeness (QED) is 0.783. The van der Waals surface area contributed by atoms with E-state index in [1.165, 1.54) is 6.08 Å². The van der Waals surface area contributed by atoms with E-state index in [4.69, 9.17) is 0 Å². The van der Waals surface area contributed by atoms with Crippen molar-refractivity contribution >= 4 is 11.7 Å². The maximum absolute atomic E-state index is 11.9. The highest BCUT2D eigenvalue weighted by molar-refractivity contribution is 5.98. The van der Waals surface area contributed by atoms with Crippen LogP contribution in [0.2, 0.25) is 0 Å². The Balaban J connectivity index is 2.85. The molecule has 0 bridgehead atoms. The number of rotatable bonds is 6. The average molecular weight is 245 g/mol. The normalized spacial score (nSPS) is 10.6. The van der Waals surface area contributed by atoms with Crippen LogP contribution >= 0.6 is 0 Å². The van der Waals surface area contributed by atoms with Crippen molar-refractivity contribution in [3.63, 3.8) is 0 Å². The van der Waals surface area contributed by atoms with E-state index in [0.29, 0.717) is 12.1 Å². The Morgan fingerprint density at radius 1 is 1.28 bits per heavy atom. The first kappa shape index (κ1) is 14.2. The minimum Gasteiger partial charge on any atom is -0.352 e. The Morgan fingerprint density at radius 2 is 2.00 bits per heavy atom. The highest BCUT2D eigenvalue weighted by Crippen LogP contribution is 2.10. The van der Waals surface area contributed by atoms with Gasteiger partial charge >= 0.3 is 0 Å². The van der Waals surface area contributed by atoms with Gasteiger partial charge in [0.25, 0.3) is 5.91 Å². The molecule has 0 aromatic heterocycles. The number of hydrogen-bond acceptors (Lipinski definition) is 2. The highest BCUT2D eigenvalue weighted by Gasteiger charge is 2.11. The maximum Gasteiger partial charge on any atom is 0.251 e. The fraction of sp³-hybridized carbons (Fsp3) is 0.333. The molecule has 3 heteroatoms. The van der Waals surface area contributed by atoms with Gasteiger partial charge in [0, 0.05) is 18.5 Å². The van der Waals surface area contributed by atoms with Crippen molar-refractivity contribution in [2.24, 2.45) is 0 Å². The second-order valence-corrected chi connectivity index (χ2v) is 4.06. The van der Waals surface area contributed by atoms with Crippen LogP contribution in [0.25, 0.3) is 0 Å². The molecule has 0 fully saturated rings. The van der Waals surface area contributed by atoms with Crippen LogP contribution < -0.4 is 5.32 Å². The number of hydrogen-bond donors (Lipinski definition) is 1. The molecule has 0 saturated carbocycles. The minimum atomic E-state index is -0.110. The molecule has 0 spiro atoms. The number of carbonyl (C=O) groups is 2. The fourth-order valence-corrected chi connectivity index (χ4v) is 1.66. The Hall–Kier alpha value is -1.90. The van der Waals surface area contributed by atoms with Crippen LogP contribution in [0.15, 0.2) is 36.4 Å². The van der Waals surface area contributed by atoms with Crippen LogP contribution in [0.3, 0.4) is 0 Å². The van der Waals surface area contributed by atoms with Gasteiger partial charge in [-0.05, 0) is 31.1 Å². The molecule has 0 saturated heterocycles. The predicted octanol–water partition coefficient (Wildman–Crippen LogP) is 2.51. The van der Waals surface area contributed by atoms with Crippen molar-refractivity contribution in [1.29, 1.82) is 0 Å². The number of nitrogens with one attached hydrogen (secondary N) is 1. The number of amides is 1. The van der Waals surface area contributed by atoms with Crippen LogP contribution in [0.5, 0.6) is 0 Å². The van der Waals surface area contributed by atoms with Crippen LogP contribution in [0.4, 0.5) is 0 Å². The van der Waals surface area contributed by atoms with E-state index in [1.807, 2.05) is 25.1 Å². The van der Waals surface area contributed by atoms with E-state index in [2.05, 4.69) is 5.32 Å². The summed E-state index contributed by atoms with van der Waals surface area (Å²) in [6.07, 6.45) is 4.40. The third-order valence-corrected chi connectivity index (χ3v) is 2.51. The Kier molecular flexibility index (Phi) is 5.85. The van der Waals surface area contributed by atoms with Gasteiger partial charge in [0.05, 0.1) is 0 Å². The summed E-state index contributed by atoms with van der Waals surface area (Å²) in [6.45, 7) is 4.45. The van der Waals surface area contributed by atoms with E-state index in [1.54, 1.807) is 19.1 Å². The summed E-state index contributed by atoms with van der Waals surface area (Å²) < 4.78 is 0. The van der Waals surface area contributed by atoms with Crippen LogP contribution in [-0.2, 0) is 11.2 Å². The van der Waals surface area contributed by atoms with Crippen molar-refractivity contribution in [2.75, 3.05) is 6.54 Å². The SMILES string of the molecule is C/C=C/C(=O)Cc1ccccc1C(=O)NCCC. The second kappa shape index (κ2) is 7.43. The standard InChI is InChI=1S/C15H19NO2/c1-3-7-13(17)11-12-8-5-6-9-14(12)15(18)16-10-4-2/h3,5-9H,4,10-11H2,1-2H3,(H,16,18)/b7-3+. The van der Waals surface area contributed by atoms with Crippen LogP contribution in [-0.4, -0.2) is 18.2 Å². The van der Waals surface area contributed by atoms with Gasteiger partial charge in [-0.15, -0.1) is 0 Å². The van der Waals surface area contributed by atoms with Gasteiger partial charge in [-0.25, -0.2) is 0 Å². The van der Waals surface area contributed by atoms with Gasteiger partial charge in [-0.1, -0.05) is 31.2 Å². The molecule has 1 aromatic rings. The molecule has 0 unspecified atom stereocenters. The summed E-state index contributed by atoms with van der Waals surface area (Å²) in [5.41, 5.74) is 1.36. The topological polar surface area (TPSA) is 46.2 Å². The molecule has 0 aliphatic rings. The average Bonchev–Trinajstić information content (AvgIpc) is 2.37. The zero-order chi connectivity index (χ0) is 13.4. The first-order valence-corrected chi connectivity index (χ1v) is 6.20. The molecular weight excluding hydrogens is 226 g/mol. The Labute approximate surface area is 108 Å². The maximum atomic E-state index is 11.9. The Morgan fingerprint density at radius 3 is 2.67 bits per heavy atom. The predicted molar refractivity (Wildman–Crippen MR) is 72.6 cm³/mol. The summed E-state index contributed by atoms with van der Waals surface area (Å²) in [4.78, 5) is 23.5. The van der Waals surface area contributed by atoms with Gasteiger partial charge in [0.2, 0.25) is 0 Å². The second-order valence-electron chi connectivity index (χ2n) is 4.06. The van der Waals surface area contributed by atoms with Crippen molar-refractivity contribution in [2.45, 2.75) is 26.7 Å². The molecular formula is C15H19NO2. The molecule has 1 N–H and O–H groups in total. The largest absolute Gasteiger partial charge is 0.352 e. The zero-order valence-electron chi connectivity index (χ0n) is 10.9. The lowest BCUT2D eigenvalue weighted by Crippen LogP contribution is -2.25. The Bertz CT molecular complexity index is 450. The summed E-state index contributed by atoms with van der Waals surface area (Å²) in [5.74, 6) is -0.103. The summed E-state index contributed by atoms with van der Waals surface area (Å²) in [6, 6.07) is 7.23. The summed E-state index contributed by atoms with van der Waals surface area (Å²) in [7, 11) is 0. The highest BCUT2D eigenvalue weighted by atomic mass is 16.1. The molecule has 0 aliphatic heterocycles. The van der Waals surface area contributed by atoms with E-state index in [0.717, 1.165) is 12.0 Å². The molecule has 0 aliphatic carbocycles. The van der Waals surface area contributed by atoms with Crippen molar-refractivity contribution in [3.05, 3.63) is 47.5 Å². The summed E-state index contributed by atoms with van der Waals surface area (Å²) in [5, 5.41) is 2.83. The lowest BCUT2D eigenvalue weighted by atomic mass is 10.0. The molecule has 1 aromatic carbocycles. The smallest absolute Gasteiger partial charge is 0.251 e. The minimum absolute atomic E-state index is 0.00763. The van der Waals surface area contributed by atoms with Crippen molar-refractivity contribution in [1.82, 2.24) is 5.32 Å². The summed E-state index contributed by atoms with van der Waals surface area (Å²) >= 11 is 0. The van der Waals surface area contributed by atoms with Gasteiger partial charge in [-0.3, -0.25) is 9.59 Å². The van der Waals surface area contributed by atoms with E-state index >= 15 is 0 Å². The third kappa shape index (κ3) is 4.17. The van der Waals surface area contributed by atoms with E-state index in [-0.39, 0.29) is 18.1 Å². The van der Waals surface area contributed by atoms with Gasteiger partial charge in [-0.2, -0.15) is 0 Å². The molecule has 1 amide bonds. The van der Waals surface area contributed by atoms with Gasteiger partial charge in [0.15, 0.2) is 5.78 Å². The number of ketones is 1. The number of carbonyl (C=O) groups excluding carboxylic acids is 2. The van der Waals surface area contributed by atoms with Gasteiger partial charge in [0.1, 0.15) is 0 Å². The number of allylic oxidation sites excluding steroid dienone is 2.